The Hall–Kier alpha value is -6.44. The van der Waals surface area contributed by atoms with Gasteiger partial charge in [0.05, 0.1) is 34.6 Å². The van der Waals surface area contributed by atoms with Crippen LogP contribution in [0.2, 0.25) is 0 Å². The Labute approximate surface area is 436 Å². The third kappa shape index (κ3) is 12.1. The van der Waals surface area contributed by atoms with E-state index in [1.54, 1.807) is 96.3 Å². The molecule has 2 aliphatic rings. The molecule has 4 aromatic carbocycles. The summed E-state index contributed by atoms with van der Waals surface area (Å²) >= 11 is 5.97. The molecular weight excluding hydrogens is 981 g/mol. The summed E-state index contributed by atoms with van der Waals surface area (Å²) in [6.45, 7) is 4.32. The number of nitrogens with zero attached hydrogens (tertiary/aromatic N) is 8. The van der Waals surface area contributed by atoms with Gasteiger partial charge in [-0.1, -0.05) is 147 Å². The molecule has 2 N–H and O–H groups in total. The summed E-state index contributed by atoms with van der Waals surface area (Å²) in [5, 5.41) is 26.7. The molecule has 366 valence electrons. The lowest BCUT2D eigenvalue weighted by molar-refractivity contribution is 0.0978. The van der Waals surface area contributed by atoms with E-state index in [0.717, 1.165) is 75.7 Å². The Morgan fingerprint density at radius 1 is 0.403 bits per heavy atom. The number of unbranched alkanes of at least 4 members (excludes halogenated alkanes) is 8. The highest BCUT2D eigenvalue weighted by Crippen LogP contribution is 2.44. The number of ketones is 4. The van der Waals surface area contributed by atoms with E-state index in [1.807, 2.05) is 0 Å². The molecule has 0 amide bonds. The van der Waals surface area contributed by atoms with Gasteiger partial charge in [0.2, 0.25) is 11.9 Å². The summed E-state index contributed by atoms with van der Waals surface area (Å²) in [4.78, 5) is 88.2. The Morgan fingerprint density at radius 2 is 0.722 bits per heavy atom. The maximum Gasteiger partial charge on any atom is 0.232 e. The van der Waals surface area contributed by atoms with Gasteiger partial charge < -0.3 is 10.6 Å². The molecule has 0 unspecified atom stereocenters. The van der Waals surface area contributed by atoms with Crippen molar-refractivity contribution in [2.24, 2.45) is 0 Å². The van der Waals surface area contributed by atoms with Gasteiger partial charge in [0.1, 0.15) is 0 Å². The van der Waals surface area contributed by atoms with E-state index in [0.29, 0.717) is 61.8 Å². The van der Waals surface area contributed by atoms with E-state index >= 15 is 0 Å². The molecular formula is C54H52N10O4S4. The van der Waals surface area contributed by atoms with Crippen molar-refractivity contribution in [1.82, 2.24) is 29.9 Å². The number of rotatable bonds is 25. The van der Waals surface area contributed by atoms with Crippen LogP contribution in [0.1, 0.15) is 155 Å². The molecule has 0 spiro atoms. The molecule has 6 aromatic rings. The fourth-order valence-corrected chi connectivity index (χ4v) is 11.8. The zero-order valence-corrected chi connectivity index (χ0v) is 43.4. The van der Waals surface area contributed by atoms with Crippen molar-refractivity contribution in [1.29, 1.82) is 10.5 Å². The number of anilines is 4. The normalized spacial score (nSPS) is 12.4. The molecule has 0 atom stereocenters. The van der Waals surface area contributed by atoms with Crippen LogP contribution in [0.15, 0.2) is 93.4 Å². The number of carbonyl (C=O) groups is 4. The second kappa shape index (κ2) is 25.3. The number of nitrogens with one attached hydrogen (secondary N) is 2. The predicted molar refractivity (Wildman–Crippen MR) is 286 cm³/mol. The molecule has 0 bridgehead atoms. The Kier molecular flexibility index (Phi) is 18.2. The van der Waals surface area contributed by atoms with Crippen molar-refractivity contribution >= 4 is 93.5 Å². The SMILES string of the molecule is CCCCCSc1nc(Nc2ccc(-c3ccc(Nc4nc(SCCCCC#N)nc(SCCCCC#N)n4)c4c3C(=O)c3ccccc3C4=O)c3c2C(=O)c2ccccc2C3=O)nc(SCCCCC)n1. The van der Waals surface area contributed by atoms with E-state index in [2.05, 4.69) is 36.6 Å². The maximum absolute atomic E-state index is 15.0. The quantitative estimate of drug-likeness (QED) is 0.0402. The van der Waals surface area contributed by atoms with Crippen LogP contribution in [0.5, 0.6) is 0 Å². The summed E-state index contributed by atoms with van der Waals surface area (Å²) in [6.07, 6.45) is 10.3. The van der Waals surface area contributed by atoms with Gasteiger partial charge in [-0.3, -0.25) is 19.2 Å². The van der Waals surface area contributed by atoms with Crippen LogP contribution in [0.25, 0.3) is 11.1 Å². The lowest BCUT2D eigenvalue weighted by Crippen LogP contribution is -2.25. The third-order valence-corrected chi connectivity index (χ3v) is 15.6. The van der Waals surface area contributed by atoms with Gasteiger partial charge >= 0.3 is 0 Å². The zero-order valence-electron chi connectivity index (χ0n) is 40.1. The van der Waals surface area contributed by atoms with E-state index in [4.69, 9.17) is 40.4 Å². The molecule has 2 aliphatic carbocycles. The number of thioether (sulfide) groups is 4. The predicted octanol–water partition coefficient (Wildman–Crippen LogP) is 12.9. The van der Waals surface area contributed by atoms with Crippen LogP contribution in [0, 0.1) is 22.7 Å². The summed E-state index contributed by atoms with van der Waals surface area (Å²) < 4.78 is 0. The van der Waals surface area contributed by atoms with Crippen LogP contribution in [-0.4, -0.2) is 76.0 Å². The van der Waals surface area contributed by atoms with Gasteiger partial charge in [-0.15, -0.1) is 0 Å². The van der Waals surface area contributed by atoms with Gasteiger partial charge in [-0.05, 0) is 61.8 Å². The Bertz CT molecular complexity index is 3050. The Morgan fingerprint density at radius 3 is 1.04 bits per heavy atom. The molecule has 2 heterocycles. The molecule has 14 nitrogen and oxygen atoms in total. The van der Waals surface area contributed by atoms with Gasteiger partial charge in [-0.25, -0.2) is 0 Å². The van der Waals surface area contributed by atoms with Gasteiger partial charge in [0.25, 0.3) is 0 Å². The minimum absolute atomic E-state index is 0.0610. The third-order valence-electron chi connectivity index (χ3n) is 11.9. The first kappa shape index (κ1) is 51.9. The van der Waals surface area contributed by atoms with Gasteiger partial charge in [0.15, 0.2) is 43.8 Å². The smallest absolute Gasteiger partial charge is 0.232 e. The number of hydrogen-bond donors (Lipinski definition) is 2. The summed E-state index contributed by atoms with van der Waals surface area (Å²) in [5.74, 6) is 1.75. The summed E-state index contributed by atoms with van der Waals surface area (Å²) in [7, 11) is 0. The highest BCUT2D eigenvalue weighted by Gasteiger charge is 2.39. The molecule has 0 saturated heterocycles. The molecule has 72 heavy (non-hydrogen) atoms. The standard InChI is InChI=1S/C54H52N10O4S4/c1-3-5-15-29-69-51-59-49(60-52(63-51)70-30-16-6-4-2)57-39-25-23-33(41-43(39)47(67)37-21-11-9-19-35(37)45(41)65)34-24-26-40(44-42(34)46(66)36-20-10-12-22-38(36)48(44)68)58-50-61-53(71-31-17-7-13-27-55)64-54(62-50)72-32-18-8-14-28-56/h9-12,19-26H,3-8,13-18,29-32H2,1-2H3,(H,57,59,60,63)(H,58,61,62,64). The van der Waals surface area contributed by atoms with Gasteiger partial charge in [-0.2, -0.15) is 40.4 Å². The van der Waals surface area contributed by atoms with E-state index < -0.39 is 23.1 Å². The highest BCUT2D eigenvalue weighted by molar-refractivity contribution is 8.00. The van der Waals surface area contributed by atoms with Crippen molar-refractivity contribution in [3.05, 3.63) is 117 Å². The number of nitriles is 2. The minimum atomic E-state index is -0.430. The van der Waals surface area contributed by atoms with Crippen LogP contribution in [0.3, 0.4) is 0 Å². The number of aromatic nitrogens is 6. The van der Waals surface area contributed by atoms with Crippen LogP contribution in [-0.2, 0) is 0 Å². The van der Waals surface area contributed by atoms with Crippen LogP contribution < -0.4 is 10.6 Å². The Balaban J connectivity index is 1.24. The molecule has 0 saturated carbocycles. The highest BCUT2D eigenvalue weighted by atomic mass is 32.2. The van der Waals surface area contributed by atoms with E-state index in [9.17, 15) is 19.2 Å². The molecule has 18 heteroatoms. The maximum atomic E-state index is 15.0. The fraction of sp³-hybridized carbons (Fsp3) is 0.333. The average molecular weight is 1030 g/mol. The van der Waals surface area contributed by atoms with Gasteiger partial charge in [0, 0.05) is 69.2 Å². The van der Waals surface area contributed by atoms with Crippen molar-refractivity contribution in [3.8, 4) is 23.3 Å². The van der Waals surface area contributed by atoms with Crippen molar-refractivity contribution in [2.75, 3.05) is 33.6 Å². The first-order valence-corrected chi connectivity index (χ1v) is 28.2. The number of hydrogen-bond acceptors (Lipinski definition) is 18. The van der Waals surface area contributed by atoms with Crippen LogP contribution in [0.4, 0.5) is 23.3 Å². The fourth-order valence-electron chi connectivity index (χ4n) is 8.36. The first-order chi connectivity index (χ1) is 35.2. The van der Waals surface area contributed by atoms with Crippen molar-refractivity contribution < 1.29 is 19.2 Å². The number of benzene rings is 4. The molecule has 2 aromatic heterocycles. The summed E-state index contributed by atoms with van der Waals surface area (Å²) in [6, 6.07) is 24.4. The van der Waals surface area contributed by atoms with Crippen molar-refractivity contribution in [2.45, 2.75) is 112 Å². The molecule has 0 aliphatic heterocycles. The number of fused-ring (bicyclic) bond motifs is 4. The van der Waals surface area contributed by atoms with Crippen molar-refractivity contribution in [3.63, 3.8) is 0 Å². The molecule has 8 rings (SSSR count). The molecule has 0 radical (unpaired) electrons. The number of carbonyl (C=O) groups excluding carboxylic acids is 4. The van der Waals surface area contributed by atoms with E-state index in [-0.39, 0.29) is 62.1 Å². The van der Waals surface area contributed by atoms with Crippen LogP contribution >= 0.6 is 47.0 Å². The average Bonchev–Trinajstić information content (AvgIpc) is 3.39. The topological polar surface area (TPSA) is 217 Å². The monoisotopic (exact) mass is 1030 g/mol. The second-order valence-corrected chi connectivity index (χ2v) is 21.2. The van der Waals surface area contributed by atoms with E-state index in [1.165, 1.54) is 23.5 Å². The second-order valence-electron chi connectivity index (χ2n) is 17.0. The minimum Gasteiger partial charge on any atom is -0.323 e. The molecule has 0 fully saturated rings. The lowest BCUT2D eigenvalue weighted by atomic mass is 9.75. The first-order valence-electron chi connectivity index (χ1n) is 24.3. The zero-order chi connectivity index (χ0) is 50.4. The lowest BCUT2D eigenvalue weighted by Gasteiger charge is -2.26. The summed E-state index contributed by atoms with van der Waals surface area (Å²) in [5.41, 5.74) is 2.36. The largest absolute Gasteiger partial charge is 0.323 e.